The molecule has 52 heavy (non-hydrogen) atoms. The summed E-state index contributed by atoms with van der Waals surface area (Å²) in [6.45, 7) is 4.09. The van der Waals surface area contributed by atoms with Gasteiger partial charge in [0.2, 0.25) is 0 Å². The van der Waals surface area contributed by atoms with Gasteiger partial charge in [-0.05, 0) is 73.0 Å². The minimum Gasteiger partial charge on any atom is -0.497 e. The molecule has 5 aromatic rings. The van der Waals surface area contributed by atoms with Gasteiger partial charge in [0.1, 0.15) is 12.4 Å². The van der Waals surface area contributed by atoms with Crippen LogP contribution in [0.1, 0.15) is 52.5 Å². The lowest BCUT2D eigenvalue weighted by Gasteiger charge is -2.26. The second-order valence-electron chi connectivity index (χ2n) is 11.4. The molecule has 1 aromatic heterocycles. The zero-order valence-corrected chi connectivity index (χ0v) is 30.5. The Morgan fingerprint density at radius 1 is 0.885 bits per heavy atom. The molecule has 12 heteroatoms. The maximum absolute atomic E-state index is 14.3. The minimum atomic E-state index is -0.834. The van der Waals surface area contributed by atoms with Crippen molar-refractivity contribution in [2.45, 2.75) is 26.5 Å². The van der Waals surface area contributed by atoms with E-state index in [4.69, 9.17) is 40.3 Å². The third-order valence-corrected chi connectivity index (χ3v) is 9.47. The summed E-state index contributed by atoms with van der Waals surface area (Å²) in [4.78, 5) is 45.4. The Balaban J connectivity index is 1.41. The highest BCUT2D eigenvalue weighted by Crippen LogP contribution is 2.38. The number of fused-ring (bicyclic) bond motifs is 1. The largest absolute Gasteiger partial charge is 0.497 e. The van der Waals surface area contributed by atoms with Gasteiger partial charge >= 0.3 is 11.9 Å². The number of benzene rings is 4. The third kappa shape index (κ3) is 7.51. The molecule has 0 N–H and O–H groups in total. The van der Waals surface area contributed by atoms with Crippen molar-refractivity contribution in [1.29, 1.82) is 0 Å². The SMILES string of the molecule is CCOC(=O)C1=C(c2ccccc2)N=c2s/c(=C\c3cc(Cl)c(OCc4ccc(C(=O)OCC)cc4)c(OC)c3)c(=O)n2[C@@H]1c1ccc(OC)cc1. The predicted molar refractivity (Wildman–Crippen MR) is 199 cm³/mol. The van der Waals surface area contributed by atoms with Crippen LogP contribution < -0.4 is 29.1 Å². The van der Waals surface area contributed by atoms with Gasteiger partial charge in [0.25, 0.3) is 5.56 Å². The summed E-state index contributed by atoms with van der Waals surface area (Å²) in [5.74, 6) is 0.355. The smallest absolute Gasteiger partial charge is 0.338 e. The first-order chi connectivity index (χ1) is 25.3. The number of methoxy groups -OCH3 is 2. The first kappa shape index (κ1) is 36.2. The lowest BCUT2D eigenvalue weighted by atomic mass is 9.93. The van der Waals surface area contributed by atoms with Crippen molar-refractivity contribution >= 4 is 46.6 Å². The van der Waals surface area contributed by atoms with Crippen LogP contribution in [0.5, 0.6) is 17.2 Å². The molecular weight excluding hydrogens is 704 g/mol. The molecule has 0 radical (unpaired) electrons. The zero-order valence-electron chi connectivity index (χ0n) is 28.9. The first-order valence-electron chi connectivity index (χ1n) is 16.4. The fourth-order valence-corrected chi connectivity index (χ4v) is 7.04. The zero-order chi connectivity index (χ0) is 36.8. The van der Waals surface area contributed by atoms with Crippen LogP contribution in [0.2, 0.25) is 5.02 Å². The lowest BCUT2D eigenvalue weighted by Crippen LogP contribution is -2.40. The Morgan fingerprint density at radius 2 is 1.58 bits per heavy atom. The van der Waals surface area contributed by atoms with Crippen LogP contribution in [0.25, 0.3) is 11.8 Å². The summed E-state index contributed by atoms with van der Waals surface area (Å²) >= 11 is 7.93. The Bertz CT molecular complexity index is 2310. The van der Waals surface area contributed by atoms with Crippen LogP contribution in [0.15, 0.2) is 106 Å². The molecule has 4 aromatic carbocycles. The molecule has 0 spiro atoms. The van der Waals surface area contributed by atoms with Gasteiger partial charge in [0.05, 0.1) is 59.9 Å². The van der Waals surface area contributed by atoms with Crippen molar-refractivity contribution in [3.8, 4) is 17.2 Å². The number of carbonyl (C=O) groups excluding carboxylic acids is 2. The van der Waals surface area contributed by atoms with E-state index in [-0.39, 0.29) is 29.4 Å². The Morgan fingerprint density at radius 3 is 2.23 bits per heavy atom. The van der Waals surface area contributed by atoms with Crippen LogP contribution in [0, 0.1) is 0 Å². The summed E-state index contributed by atoms with van der Waals surface area (Å²) in [5, 5.41) is 0.272. The average molecular weight is 739 g/mol. The van der Waals surface area contributed by atoms with E-state index in [2.05, 4.69) is 0 Å². The van der Waals surface area contributed by atoms with E-state index < -0.39 is 18.0 Å². The van der Waals surface area contributed by atoms with E-state index in [1.54, 1.807) is 75.6 Å². The quantitative estimate of drug-likeness (QED) is 0.136. The maximum atomic E-state index is 14.3. The van der Waals surface area contributed by atoms with Gasteiger partial charge in [0, 0.05) is 5.56 Å². The number of carbonyl (C=O) groups is 2. The predicted octanol–water partition coefficient (Wildman–Crippen LogP) is 6.36. The van der Waals surface area contributed by atoms with Crippen molar-refractivity contribution in [3.05, 3.63) is 149 Å². The van der Waals surface area contributed by atoms with E-state index in [0.717, 1.165) is 5.56 Å². The van der Waals surface area contributed by atoms with Crippen molar-refractivity contribution < 1.29 is 33.3 Å². The first-order valence-corrected chi connectivity index (χ1v) is 17.6. The highest BCUT2D eigenvalue weighted by Gasteiger charge is 2.35. The highest BCUT2D eigenvalue weighted by molar-refractivity contribution is 7.07. The van der Waals surface area contributed by atoms with Gasteiger partial charge in [-0.15, -0.1) is 0 Å². The fourth-order valence-electron chi connectivity index (χ4n) is 5.76. The lowest BCUT2D eigenvalue weighted by molar-refractivity contribution is -0.138. The molecule has 0 unspecified atom stereocenters. The second kappa shape index (κ2) is 16.1. The number of aromatic nitrogens is 1. The third-order valence-electron chi connectivity index (χ3n) is 8.20. The molecule has 10 nitrogen and oxygen atoms in total. The van der Waals surface area contributed by atoms with Crippen LogP contribution in [-0.2, 0) is 20.9 Å². The molecule has 1 aliphatic rings. The van der Waals surface area contributed by atoms with Crippen LogP contribution in [0.3, 0.4) is 0 Å². The summed E-state index contributed by atoms with van der Waals surface area (Å²) in [5.41, 5.74) is 3.56. The van der Waals surface area contributed by atoms with Gasteiger partial charge in [-0.1, -0.05) is 77.5 Å². The number of halogens is 1. The minimum absolute atomic E-state index is 0.147. The van der Waals surface area contributed by atoms with Gasteiger partial charge in [0.15, 0.2) is 16.3 Å². The number of ether oxygens (including phenoxy) is 5. The fraction of sp³-hybridized carbons (Fsp3) is 0.200. The molecule has 0 saturated heterocycles. The average Bonchev–Trinajstić information content (AvgIpc) is 3.47. The number of esters is 2. The summed E-state index contributed by atoms with van der Waals surface area (Å²) in [7, 11) is 3.07. The van der Waals surface area contributed by atoms with Crippen molar-refractivity contribution in [3.63, 3.8) is 0 Å². The van der Waals surface area contributed by atoms with E-state index in [9.17, 15) is 14.4 Å². The molecule has 1 atom stereocenters. The molecule has 0 fully saturated rings. The molecule has 2 heterocycles. The maximum Gasteiger partial charge on any atom is 0.338 e. The number of hydrogen-bond acceptors (Lipinski definition) is 10. The summed E-state index contributed by atoms with van der Waals surface area (Å²) < 4.78 is 29.6. The van der Waals surface area contributed by atoms with Gasteiger partial charge in [-0.3, -0.25) is 9.36 Å². The molecule has 6 rings (SSSR count). The molecule has 0 aliphatic carbocycles. The van der Waals surface area contributed by atoms with E-state index in [1.165, 1.54) is 23.0 Å². The Hall–Kier alpha value is -5.65. The summed E-state index contributed by atoms with van der Waals surface area (Å²) in [6, 6.07) is 26.0. The van der Waals surface area contributed by atoms with Crippen LogP contribution in [0.4, 0.5) is 0 Å². The van der Waals surface area contributed by atoms with Crippen LogP contribution in [-0.4, -0.2) is 43.9 Å². The Labute approximate surface area is 308 Å². The molecule has 0 amide bonds. The van der Waals surface area contributed by atoms with Crippen molar-refractivity contribution in [2.75, 3.05) is 27.4 Å². The standard InChI is InChI=1S/C40H35ClN2O8S/c1-5-49-38(45)28-14-12-24(13-15-28)23-51-36-30(41)20-25(21-31(36)48-4)22-32-37(44)43-35(27-16-18-29(47-3)19-17-27)33(39(46)50-6-2)34(42-40(43)52-32)26-10-8-7-9-11-26/h7-22,35H,5-6,23H2,1-4H3/b32-22-/t35-/m1/s1. The monoisotopic (exact) mass is 738 g/mol. The highest BCUT2D eigenvalue weighted by atomic mass is 35.5. The normalized spacial score (nSPS) is 13.9. The Kier molecular flexibility index (Phi) is 11.2. The topological polar surface area (TPSA) is 115 Å². The van der Waals surface area contributed by atoms with E-state index in [0.29, 0.717) is 61.1 Å². The van der Waals surface area contributed by atoms with Crippen molar-refractivity contribution in [2.24, 2.45) is 4.99 Å². The van der Waals surface area contributed by atoms with E-state index >= 15 is 0 Å². The second-order valence-corrected chi connectivity index (χ2v) is 12.9. The number of thiazole rings is 1. The molecule has 0 bridgehead atoms. The van der Waals surface area contributed by atoms with Crippen molar-refractivity contribution in [1.82, 2.24) is 4.57 Å². The van der Waals surface area contributed by atoms with E-state index in [1.807, 2.05) is 42.5 Å². The summed E-state index contributed by atoms with van der Waals surface area (Å²) in [6.07, 6.45) is 1.71. The van der Waals surface area contributed by atoms with Gasteiger partial charge in [-0.25, -0.2) is 14.6 Å². The molecule has 1 aliphatic heterocycles. The number of hydrogen-bond donors (Lipinski definition) is 0. The molecule has 266 valence electrons. The molecule has 0 saturated carbocycles. The van der Waals surface area contributed by atoms with Gasteiger partial charge < -0.3 is 23.7 Å². The number of nitrogens with zero attached hydrogens (tertiary/aromatic N) is 2. The number of rotatable bonds is 12. The van der Waals surface area contributed by atoms with Gasteiger partial charge in [-0.2, -0.15) is 0 Å². The molecular formula is C40H35ClN2O8S. The van der Waals surface area contributed by atoms with Crippen LogP contribution >= 0.6 is 22.9 Å².